The molecule has 0 bridgehead atoms. The summed E-state index contributed by atoms with van der Waals surface area (Å²) in [5, 5.41) is 2.23. The SMILES string of the molecule is COC(OC)C(C)N(C(=O)C1CCCCC1)c1c(C)ccc2ccccc12. The molecule has 1 aliphatic carbocycles. The number of fused-ring (bicyclic) bond motifs is 1. The van der Waals surface area contributed by atoms with E-state index in [1.54, 1.807) is 14.2 Å². The van der Waals surface area contributed by atoms with E-state index in [4.69, 9.17) is 9.47 Å². The third kappa shape index (κ3) is 4.02. The first-order valence-electron chi connectivity index (χ1n) is 9.95. The number of methoxy groups -OCH3 is 2. The summed E-state index contributed by atoms with van der Waals surface area (Å²) in [5.41, 5.74) is 2.07. The van der Waals surface area contributed by atoms with Crippen LogP contribution in [0.1, 0.15) is 44.6 Å². The van der Waals surface area contributed by atoms with Gasteiger partial charge in [-0.25, -0.2) is 0 Å². The number of rotatable bonds is 6. The van der Waals surface area contributed by atoms with Gasteiger partial charge in [-0.2, -0.15) is 0 Å². The smallest absolute Gasteiger partial charge is 0.230 e. The topological polar surface area (TPSA) is 38.8 Å². The average Bonchev–Trinajstić information content (AvgIpc) is 2.71. The molecule has 0 aliphatic heterocycles. The van der Waals surface area contributed by atoms with Gasteiger partial charge in [0.05, 0.1) is 11.7 Å². The van der Waals surface area contributed by atoms with E-state index in [9.17, 15) is 4.79 Å². The Bertz CT molecular complexity index is 778. The van der Waals surface area contributed by atoms with Crippen molar-refractivity contribution in [2.75, 3.05) is 19.1 Å². The van der Waals surface area contributed by atoms with Crippen LogP contribution in [0.3, 0.4) is 0 Å². The number of nitrogens with zero attached hydrogens (tertiary/aromatic N) is 1. The lowest BCUT2D eigenvalue weighted by Gasteiger charge is -2.38. The van der Waals surface area contributed by atoms with Crippen LogP contribution >= 0.6 is 0 Å². The van der Waals surface area contributed by atoms with E-state index >= 15 is 0 Å². The van der Waals surface area contributed by atoms with Gasteiger partial charge in [-0.05, 0) is 37.6 Å². The summed E-state index contributed by atoms with van der Waals surface area (Å²) < 4.78 is 11.1. The van der Waals surface area contributed by atoms with Gasteiger partial charge in [0.15, 0.2) is 6.29 Å². The Hall–Kier alpha value is -1.91. The number of carbonyl (C=O) groups excluding carboxylic acids is 1. The minimum atomic E-state index is -0.476. The average molecular weight is 370 g/mol. The van der Waals surface area contributed by atoms with Gasteiger partial charge in [0.1, 0.15) is 0 Å². The molecular formula is C23H31NO3. The van der Waals surface area contributed by atoms with E-state index in [0.29, 0.717) is 0 Å². The molecule has 1 aliphatic rings. The molecular weight excluding hydrogens is 338 g/mol. The molecule has 0 aromatic heterocycles. The Morgan fingerprint density at radius 3 is 2.37 bits per heavy atom. The highest BCUT2D eigenvalue weighted by molar-refractivity contribution is 6.06. The summed E-state index contributed by atoms with van der Waals surface area (Å²) in [4.78, 5) is 15.6. The Kier molecular flexibility index (Phi) is 6.51. The summed E-state index contributed by atoms with van der Waals surface area (Å²) in [6.07, 6.45) is 4.95. The van der Waals surface area contributed by atoms with E-state index in [1.807, 2.05) is 24.0 Å². The minimum absolute atomic E-state index is 0.0777. The molecule has 27 heavy (non-hydrogen) atoms. The summed E-state index contributed by atoms with van der Waals surface area (Å²) in [6, 6.07) is 12.2. The number of hydrogen-bond acceptors (Lipinski definition) is 3. The second-order valence-corrected chi connectivity index (χ2v) is 7.58. The number of carbonyl (C=O) groups is 1. The summed E-state index contributed by atoms with van der Waals surface area (Å²) in [6.45, 7) is 4.09. The Labute approximate surface area is 162 Å². The zero-order chi connectivity index (χ0) is 19.4. The maximum Gasteiger partial charge on any atom is 0.230 e. The summed E-state index contributed by atoms with van der Waals surface area (Å²) in [5.74, 6) is 0.273. The highest BCUT2D eigenvalue weighted by Gasteiger charge is 2.35. The molecule has 1 fully saturated rings. The Morgan fingerprint density at radius 2 is 1.70 bits per heavy atom. The lowest BCUT2D eigenvalue weighted by molar-refractivity contribution is -0.133. The van der Waals surface area contributed by atoms with Gasteiger partial charge in [-0.15, -0.1) is 0 Å². The highest BCUT2D eigenvalue weighted by Crippen LogP contribution is 2.36. The summed E-state index contributed by atoms with van der Waals surface area (Å²) in [7, 11) is 3.26. The number of anilines is 1. The zero-order valence-corrected chi connectivity index (χ0v) is 16.9. The van der Waals surface area contributed by atoms with Gasteiger partial charge in [0, 0.05) is 25.5 Å². The standard InChI is InChI=1S/C23H31NO3/c1-16-14-15-18-10-8-9-13-20(18)21(16)24(17(2)23(26-3)27-4)22(25)19-11-6-5-7-12-19/h8-10,13-15,17,19,23H,5-7,11-12H2,1-4H3. The van der Waals surface area contributed by atoms with Gasteiger partial charge in [0.2, 0.25) is 5.91 Å². The first-order valence-corrected chi connectivity index (χ1v) is 9.95. The molecule has 2 aromatic rings. The van der Waals surface area contributed by atoms with Crippen molar-refractivity contribution in [3.63, 3.8) is 0 Å². The van der Waals surface area contributed by atoms with Crippen molar-refractivity contribution in [1.29, 1.82) is 0 Å². The molecule has 1 unspecified atom stereocenters. The monoisotopic (exact) mass is 369 g/mol. The lowest BCUT2D eigenvalue weighted by atomic mass is 9.87. The van der Waals surface area contributed by atoms with Crippen LogP contribution in [0, 0.1) is 12.8 Å². The number of ether oxygens (including phenoxy) is 2. The van der Waals surface area contributed by atoms with Crippen molar-refractivity contribution < 1.29 is 14.3 Å². The zero-order valence-electron chi connectivity index (χ0n) is 16.9. The molecule has 0 saturated heterocycles. The fourth-order valence-electron chi connectivity index (χ4n) is 4.36. The van der Waals surface area contributed by atoms with Crippen LogP contribution < -0.4 is 4.90 Å². The van der Waals surface area contributed by atoms with E-state index in [1.165, 1.54) is 6.42 Å². The van der Waals surface area contributed by atoms with E-state index < -0.39 is 6.29 Å². The van der Waals surface area contributed by atoms with Gasteiger partial charge in [-0.3, -0.25) is 4.79 Å². The van der Waals surface area contributed by atoms with Crippen molar-refractivity contribution in [3.05, 3.63) is 42.0 Å². The second-order valence-electron chi connectivity index (χ2n) is 7.58. The fraction of sp³-hybridized carbons (Fsp3) is 0.522. The maximum atomic E-state index is 13.7. The molecule has 146 valence electrons. The van der Waals surface area contributed by atoms with Crippen molar-refractivity contribution in [3.8, 4) is 0 Å². The van der Waals surface area contributed by atoms with Crippen LogP contribution in [0.4, 0.5) is 5.69 Å². The Morgan fingerprint density at radius 1 is 1.04 bits per heavy atom. The molecule has 1 atom stereocenters. The highest BCUT2D eigenvalue weighted by atomic mass is 16.7. The predicted molar refractivity (Wildman–Crippen MR) is 110 cm³/mol. The van der Waals surface area contributed by atoms with Crippen molar-refractivity contribution in [2.45, 2.75) is 58.3 Å². The maximum absolute atomic E-state index is 13.7. The number of hydrogen-bond donors (Lipinski definition) is 0. The number of amides is 1. The summed E-state index contributed by atoms with van der Waals surface area (Å²) >= 11 is 0. The van der Waals surface area contributed by atoms with Crippen LogP contribution in [0.5, 0.6) is 0 Å². The molecule has 4 heteroatoms. The number of aryl methyl sites for hydroxylation is 1. The third-order valence-electron chi connectivity index (χ3n) is 5.80. The molecule has 1 amide bonds. The van der Waals surface area contributed by atoms with Gasteiger partial charge in [0.25, 0.3) is 0 Å². The molecule has 0 N–H and O–H groups in total. The minimum Gasteiger partial charge on any atom is -0.354 e. The van der Waals surface area contributed by atoms with Crippen molar-refractivity contribution in [1.82, 2.24) is 0 Å². The third-order valence-corrected chi connectivity index (χ3v) is 5.80. The van der Waals surface area contributed by atoms with Crippen LogP contribution in [0.2, 0.25) is 0 Å². The van der Waals surface area contributed by atoms with E-state index in [-0.39, 0.29) is 17.9 Å². The van der Waals surface area contributed by atoms with Crippen molar-refractivity contribution >= 4 is 22.4 Å². The molecule has 3 rings (SSSR count). The van der Waals surface area contributed by atoms with Crippen LogP contribution in [-0.4, -0.2) is 32.5 Å². The Balaban J connectivity index is 2.12. The van der Waals surface area contributed by atoms with E-state index in [2.05, 4.69) is 31.2 Å². The molecule has 2 aromatic carbocycles. The second kappa shape index (κ2) is 8.85. The molecule has 1 saturated carbocycles. The van der Waals surface area contributed by atoms with Crippen LogP contribution in [0.15, 0.2) is 36.4 Å². The fourth-order valence-corrected chi connectivity index (χ4v) is 4.36. The van der Waals surface area contributed by atoms with Crippen LogP contribution in [-0.2, 0) is 14.3 Å². The van der Waals surface area contributed by atoms with E-state index in [0.717, 1.165) is 47.7 Å². The lowest BCUT2D eigenvalue weighted by Crippen LogP contribution is -2.49. The van der Waals surface area contributed by atoms with Gasteiger partial charge >= 0.3 is 0 Å². The first kappa shape index (κ1) is 19.8. The van der Waals surface area contributed by atoms with Crippen LogP contribution in [0.25, 0.3) is 10.8 Å². The first-order chi connectivity index (χ1) is 13.1. The molecule has 0 spiro atoms. The van der Waals surface area contributed by atoms with Gasteiger partial charge in [-0.1, -0.05) is 55.7 Å². The number of benzene rings is 2. The predicted octanol–water partition coefficient (Wildman–Crippen LogP) is 5.07. The molecule has 4 nitrogen and oxygen atoms in total. The van der Waals surface area contributed by atoms with Crippen molar-refractivity contribution in [2.24, 2.45) is 5.92 Å². The quantitative estimate of drug-likeness (QED) is 0.667. The largest absolute Gasteiger partial charge is 0.354 e. The normalized spacial score (nSPS) is 16.6. The molecule has 0 radical (unpaired) electrons. The van der Waals surface area contributed by atoms with Gasteiger partial charge < -0.3 is 14.4 Å². The molecule has 0 heterocycles.